The maximum atomic E-state index is 12.1. The number of aliphatic hydroxyl groups is 1. The summed E-state index contributed by atoms with van der Waals surface area (Å²) in [5.74, 6) is 0.157. The summed E-state index contributed by atoms with van der Waals surface area (Å²) in [7, 11) is 1.96. The monoisotopic (exact) mass is 281 g/mol. The van der Waals surface area contributed by atoms with Gasteiger partial charge in [-0.15, -0.1) is 0 Å². The molecule has 112 valence electrons. The molecule has 2 heterocycles. The molecule has 0 bridgehead atoms. The number of piperidine rings is 1. The Morgan fingerprint density at radius 1 is 1.65 bits per heavy atom. The van der Waals surface area contributed by atoms with Crippen LogP contribution in [0.1, 0.15) is 31.2 Å². The van der Waals surface area contributed by atoms with Crippen LogP contribution in [0.2, 0.25) is 0 Å². The van der Waals surface area contributed by atoms with Gasteiger partial charge in [-0.05, 0) is 19.9 Å². The van der Waals surface area contributed by atoms with E-state index >= 15 is 0 Å². The van der Waals surface area contributed by atoms with Crippen LogP contribution in [0, 0.1) is 5.92 Å². The number of carbonyl (C=O) groups is 1. The predicted molar refractivity (Wildman–Crippen MR) is 74.0 cm³/mol. The molecular formula is C14H23N3O3. The molecule has 1 aliphatic rings. The number of aryl methyl sites for hydroxylation is 1. The number of amides is 1. The average Bonchev–Trinajstić information content (AvgIpc) is 2.87. The van der Waals surface area contributed by atoms with Crippen molar-refractivity contribution in [3.05, 3.63) is 17.5 Å². The molecule has 1 amide bonds. The zero-order valence-corrected chi connectivity index (χ0v) is 12.1. The summed E-state index contributed by atoms with van der Waals surface area (Å²) in [6.07, 6.45) is 1.97. The van der Waals surface area contributed by atoms with E-state index in [2.05, 4.69) is 22.3 Å². The van der Waals surface area contributed by atoms with Crippen LogP contribution in [0.5, 0.6) is 0 Å². The Morgan fingerprint density at radius 3 is 3.20 bits per heavy atom. The Morgan fingerprint density at radius 2 is 2.45 bits per heavy atom. The third-order valence-electron chi connectivity index (χ3n) is 3.67. The number of nitrogens with one attached hydrogen (secondary N) is 1. The fourth-order valence-electron chi connectivity index (χ4n) is 2.48. The molecule has 2 atom stereocenters. The van der Waals surface area contributed by atoms with Gasteiger partial charge < -0.3 is 19.8 Å². The lowest BCUT2D eigenvalue weighted by Gasteiger charge is -2.32. The molecule has 0 aliphatic carbocycles. The lowest BCUT2D eigenvalue weighted by molar-refractivity contribution is -0.131. The van der Waals surface area contributed by atoms with Gasteiger partial charge >= 0.3 is 0 Å². The molecule has 0 unspecified atom stereocenters. The van der Waals surface area contributed by atoms with Gasteiger partial charge in [-0.3, -0.25) is 4.79 Å². The zero-order chi connectivity index (χ0) is 14.5. The van der Waals surface area contributed by atoms with E-state index in [1.54, 1.807) is 0 Å². The minimum Gasteiger partial charge on any atom is -0.392 e. The molecule has 6 heteroatoms. The molecule has 0 radical (unpaired) electrons. The van der Waals surface area contributed by atoms with Crippen LogP contribution in [0.4, 0.5) is 0 Å². The lowest BCUT2D eigenvalue weighted by atomic mass is 9.94. The largest absolute Gasteiger partial charge is 0.392 e. The third-order valence-corrected chi connectivity index (χ3v) is 3.67. The van der Waals surface area contributed by atoms with Gasteiger partial charge in [0.05, 0.1) is 24.3 Å². The van der Waals surface area contributed by atoms with Crippen LogP contribution in [-0.4, -0.2) is 47.3 Å². The van der Waals surface area contributed by atoms with E-state index < -0.39 is 6.10 Å². The molecule has 1 aromatic heterocycles. The van der Waals surface area contributed by atoms with Crippen LogP contribution in [0.15, 0.2) is 10.6 Å². The fourth-order valence-corrected chi connectivity index (χ4v) is 2.48. The molecule has 1 fully saturated rings. The summed E-state index contributed by atoms with van der Waals surface area (Å²) in [4.78, 5) is 14.2. The van der Waals surface area contributed by atoms with Gasteiger partial charge in [0.1, 0.15) is 0 Å². The fraction of sp³-hybridized carbons (Fsp3) is 0.714. The van der Waals surface area contributed by atoms with Gasteiger partial charge in [-0.1, -0.05) is 18.5 Å². The zero-order valence-electron chi connectivity index (χ0n) is 12.1. The topological polar surface area (TPSA) is 78.6 Å². The van der Waals surface area contributed by atoms with Crippen molar-refractivity contribution in [2.75, 3.05) is 20.1 Å². The van der Waals surface area contributed by atoms with Crippen molar-refractivity contribution >= 4 is 5.91 Å². The SMILES string of the molecule is CCCc1cc(CNC(=O)[C@@H]2CN(C)CC[C@H]2O)on1. The average molecular weight is 281 g/mol. The number of aliphatic hydroxyl groups excluding tert-OH is 1. The number of hydrogen-bond acceptors (Lipinski definition) is 5. The highest BCUT2D eigenvalue weighted by Crippen LogP contribution is 2.16. The van der Waals surface area contributed by atoms with Gasteiger partial charge in [0.2, 0.25) is 5.91 Å². The summed E-state index contributed by atoms with van der Waals surface area (Å²) in [6.45, 7) is 3.82. The number of nitrogens with zero attached hydrogens (tertiary/aromatic N) is 2. The minimum absolute atomic E-state index is 0.127. The molecule has 1 aliphatic heterocycles. The molecule has 0 spiro atoms. The molecule has 20 heavy (non-hydrogen) atoms. The smallest absolute Gasteiger partial charge is 0.227 e. The van der Waals surface area contributed by atoms with Gasteiger partial charge in [0.15, 0.2) is 5.76 Å². The Bertz CT molecular complexity index is 447. The van der Waals surface area contributed by atoms with Crippen molar-refractivity contribution in [1.82, 2.24) is 15.4 Å². The van der Waals surface area contributed by atoms with E-state index in [4.69, 9.17) is 4.52 Å². The number of likely N-dealkylation sites (tertiary alicyclic amines) is 1. The molecular weight excluding hydrogens is 258 g/mol. The summed E-state index contributed by atoms with van der Waals surface area (Å²) >= 11 is 0. The number of hydrogen-bond donors (Lipinski definition) is 2. The molecule has 0 saturated carbocycles. The van der Waals surface area contributed by atoms with E-state index in [0.29, 0.717) is 25.3 Å². The van der Waals surface area contributed by atoms with Crippen LogP contribution >= 0.6 is 0 Å². The van der Waals surface area contributed by atoms with Crippen molar-refractivity contribution in [1.29, 1.82) is 0 Å². The standard InChI is InChI=1S/C14H23N3O3/c1-3-4-10-7-11(20-16-10)8-15-14(19)12-9-17(2)6-5-13(12)18/h7,12-13,18H,3-6,8-9H2,1-2H3,(H,15,19)/t12-,13-/m1/s1. The third kappa shape index (κ3) is 3.80. The molecule has 0 aromatic carbocycles. The van der Waals surface area contributed by atoms with Crippen LogP contribution in [-0.2, 0) is 17.8 Å². The maximum Gasteiger partial charge on any atom is 0.227 e. The van der Waals surface area contributed by atoms with E-state index in [0.717, 1.165) is 25.1 Å². The Balaban J connectivity index is 1.84. The first-order chi connectivity index (χ1) is 9.60. The highest BCUT2D eigenvalue weighted by Gasteiger charge is 2.31. The summed E-state index contributed by atoms with van der Waals surface area (Å²) < 4.78 is 5.17. The highest BCUT2D eigenvalue weighted by atomic mass is 16.5. The highest BCUT2D eigenvalue weighted by molar-refractivity contribution is 5.79. The Labute approximate surface area is 119 Å². The predicted octanol–water partition coefficient (Wildman–Crippen LogP) is 0.556. The molecule has 1 saturated heterocycles. The van der Waals surface area contributed by atoms with Crippen molar-refractivity contribution in [2.24, 2.45) is 5.92 Å². The first-order valence-corrected chi connectivity index (χ1v) is 7.19. The molecule has 2 N–H and O–H groups in total. The first kappa shape index (κ1) is 15.0. The molecule has 6 nitrogen and oxygen atoms in total. The van der Waals surface area contributed by atoms with E-state index in [1.165, 1.54) is 0 Å². The van der Waals surface area contributed by atoms with Crippen molar-refractivity contribution in [3.63, 3.8) is 0 Å². The van der Waals surface area contributed by atoms with Crippen molar-refractivity contribution in [3.8, 4) is 0 Å². The van der Waals surface area contributed by atoms with Crippen LogP contribution in [0.25, 0.3) is 0 Å². The van der Waals surface area contributed by atoms with Crippen LogP contribution in [0.3, 0.4) is 0 Å². The van der Waals surface area contributed by atoms with Gasteiger partial charge in [-0.2, -0.15) is 0 Å². The number of carbonyl (C=O) groups excluding carboxylic acids is 1. The second kappa shape index (κ2) is 6.85. The van der Waals surface area contributed by atoms with E-state index in [-0.39, 0.29) is 11.8 Å². The summed E-state index contributed by atoms with van der Waals surface area (Å²) in [5.41, 5.74) is 0.911. The number of aromatic nitrogens is 1. The van der Waals surface area contributed by atoms with Gasteiger partial charge in [-0.25, -0.2) is 0 Å². The lowest BCUT2D eigenvalue weighted by Crippen LogP contribution is -2.48. The first-order valence-electron chi connectivity index (χ1n) is 7.19. The summed E-state index contributed by atoms with van der Waals surface area (Å²) in [5, 5.41) is 16.7. The van der Waals surface area contributed by atoms with E-state index in [1.807, 2.05) is 13.1 Å². The second-order valence-corrected chi connectivity index (χ2v) is 5.48. The normalized spacial score (nSPS) is 23.8. The second-order valence-electron chi connectivity index (χ2n) is 5.48. The maximum absolute atomic E-state index is 12.1. The van der Waals surface area contributed by atoms with Gasteiger partial charge in [0, 0.05) is 19.2 Å². The van der Waals surface area contributed by atoms with Crippen molar-refractivity contribution < 1.29 is 14.4 Å². The number of rotatable bonds is 5. The summed E-state index contributed by atoms with van der Waals surface area (Å²) in [6, 6.07) is 1.87. The van der Waals surface area contributed by atoms with Gasteiger partial charge in [0.25, 0.3) is 0 Å². The molecule has 1 aromatic rings. The molecule has 2 rings (SSSR count). The van der Waals surface area contributed by atoms with E-state index in [9.17, 15) is 9.90 Å². The van der Waals surface area contributed by atoms with Crippen LogP contribution < -0.4 is 5.32 Å². The van der Waals surface area contributed by atoms with Crippen molar-refractivity contribution in [2.45, 2.75) is 38.8 Å². The Hall–Kier alpha value is -1.40. The Kier molecular flexibility index (Phi) is 5.14. The quantitative estimate of drug-likeness (QED) is 0.824. The minimum atomic E-state index is -0.559.